The summed E-state index contributed by atoms with van der Waals surface area (Å²) in [6, 6.07) is 6.16. The van der Waals surface area contributed by atoms with Gasteiger partial charge in [0.15, 0.2) is 5.76 Å². The van der Waals surface area contributed by atoms with Crippen LogP contribution in [0.25, 0.3) is 0 Å². The van der Waals surface area contributed by atoms with Crippen LogP contribution in [-0.4, -0.2) is 15.3 Å². The SMILES string of the molecule is Cc1cc(Cn2cccc2CNC(C)(C)C)on1. The summed E-state index contributed by atoms with van der Waals surface area (Å²) < 4.78 is 7.43. The maximum atomic E-state index is 5.25. The summed E-state index contributed by atoms with van der Waals surface area (Å²) in [5.41, 5.74) is 2.29. The van der Waals surface area contributed by atoms with Gasteiger partial charge in [0.1, 0.15) is 0 Å². The lowest BCUT2D eigenvalue weighted by Crippen LogP contribution is -2.35. The van der Waals surface area contributed by atoms with E-state index in [4.69, 9.17) is 4.52 Å². The van der Waals surface area contributed by atoms with Crippen LogP contribution in [0.4, 0.5) is 0 Å². The van der Waals surface area contributed by atoms with Crippen molar-refractivity contribution >= 4 is 0 Å². The molecule has 0 aliphatic carbocycles. The van der Waals surface area contributed by atoms with Crippen molar-refractivity contribution in [2.45, 2.75) is 46.3 Å². The standard InChI is InChI=1S/C14H21N3O/c1-11-8-13(18-16-11)10-17-7-5-6-12(17)9-15-14(2,3)4/h5-8,15H,9-10H2,1-4H3. The fraction of sp³-hybridized carbons (Fsp3) is 0.500. The van der Waals surface area contributed by atoms with Crippen LogP contribution in [0.15, 0.2) is 28.9 Å². The van der Waals surface area contributed by atoms with Crippen molar-refractivity contribution < 1.29 is 4.52 Å². The maximum absolute atomic E-state index is 5.25. The second kappa shape index (κ2) is 4.98. The molecule has 2 rings (SSSR count). The van der Waals surface area contributed by atoms with Crippen LogP contribution in [0.1, 0.15) is 37.9 Å². The Labute approximate surface area is 108 Å². The van der Waals surface area contributed by atoms with Gasteiger partial charge in [-0.25, -0.2) is 0 Å². The molecule has 0 atom stereocenters. The van der Waals surface area contributed by atoms with Crippen LogP contribution < -0.4 is 5.32 Å². The van der Waals surface area contributed by atoms with Gasteiger partial charge < -0.3 is 14.4 Å². The van der Waals surface area contributed by atoms with Gasteiger partial charge in [-0.1, -0.05) is 5.16 Å². The van der Waals surface area contributed by atoms with E-state index in [1.807, 2.05) is 13.0 Å². The van der Waals surface area contributed by atoms with E-state index in [-0.39, 0.29) is 5.54 Å². The fourth-order valence-corrected chi connectivity index (χ4v) is 1.78. The Morgan fingerprint density at radius 1 is 1.39 bits per heavy atom. The molecule has 1 N–H and O–H groups in total. The third kappa shape index (κ3) is 3.47. The van der Waals surface area contributed by atoms with E-state index in [1.165, 1.54) is 5.69 Å². The average molecular weight is 247 g/mol. The molecule has 98 valence electrons. The second-order valence-corrected chi connectivity index (χ2v) is 5.67. The van der Waals surface area contributed by atoms with Crippen LogP contribution in [0.2, 0.25) is 0 Å². The summed E-state index contributed by atoms with van der Waals surface area (Å²) in [7, 11) is 0. The van der Waals surface area contributed by atoms with E-state index in [0.29, 0.717) is 0 Å². The third-order valence-corrected chi connectivity index (χ3v) is 2.73. The van der Waals surface area contributed by atoms with Gasteiger partial charge in [0.05, 0.1) is 12.2 Å². The first-order valence-electron chi connectivity index (χ1n) is 6.25. The Balaban J connectivity index is 2.03. The molecule has 0 amide bonds. The zero-order valence-electron chi connectivity index (χ0n) is 11.5. The van der Waals surface area contributed by atoms with Crippen molar-refractivity contribution in [3.05, 3.63) is 41.5 Å². The van der Waals surface area contributed by atoms with Gasteiger partial charge in [0, 0.05) is 30.0 Å². The highest BCUT2D eigenvalue weighted by Crippen LogP contribution is 2.10. The van der Waals surface area contributed by atoms with E-state index in [2.05, 4.69) is 54.1 Å². The van der Waals surface area contributed by atoms with E-state index < -0.39 is 0 Å². The molecule has 4 nitrogen and oxygen atoms in total. The van der Waals surface area contributed by atoms with Gasteiger partial charge in [0.25, 0.3) is 0 Å². The molecule has 0 aliphatic rings. The van der Waals surface area contributed by atoms with Crippen molar-refractivity contribution in [1.82, 2.24) is 15.0 Å². The van der Waals surface area contributed by atoms with Crippen molar-refractivity contribution in [3.8, 4) is 0 Å². The van der Waals surface area contributed by atoms with Crippen molar-refractivity contribution in [2.24, 2.45) is 0 Å². The predicted molar refractivity (Wildman–Crippen MR) is 71.4 cm³/mol. The molecule has 4 heteroatoms. The highest BCUT2D eigenvalue weighted by molar-refractivity contribution is 5.11. The summed E-state index contributed by atoms with van der Waals surface area (Å²) in [5, 5.41) is 7.40. The normalized spacial score (nSPS) is 12.0. The molecule has 0 aromatic carbocycles. The number of hydrogen-bond donors (Lipinski definition) is 1. The smallest absolute Gasteiger partial charge is 0.156 e. The fourth-order valence-electron chi connectivity index (χ4n) is 1.78. The van der Waals surface area contributed by atoms with Gasteiger partial charge in [-0.15, -0.1) is 0 Å². The molecule has 18 heavy (non-hydrogen) atoms. The van der Waals surface area contributed by atoms with Gasteiger partial charge in [0.2, 0.25) is 0 Å². The molecule has 0 saturated heterocycles. The minimum atomic E-state index is 0.123. The third-order valence-electron chi connectivity index (χ3n) is 2.73. The van der Waals surface area contributed by atoms with Crippen LogP contribution in [0, 0.1) is 6.92 Å². The first kappa shape index (κ1) is 12.9. The number of rotatable bonds is 4. The minimum Gasteiger partial charge on any atom is -0.359 e. The van der Waals surface area contributed by atoms with E-state index in [1.54, 1.807) is 0 Å². The van der Waals surface area contributed by atoms with Gasteiger partial charge in [-0.2, -0.15) is 0 Å². The predicted octanol–water partition coefficient (Wildman–Crippen LogP) is 2.72. The number of hydrogen-bond acceptors (Lipinski definition) is 3. The summed E-state index contributed by atoms with van der Waals surface area (Å²) in [5.74, 6) is 0.890. The molecule has 0 bridgehead atoms. The van der Waals surface area contributed by atoms with Gasteiger partial charge in [-0.3, -0.25) is 0 Å². The molecule has 2 heterocycles. The second-order valence-electron chi connectivity index (χ2n) is 5.67. The summed E-state index contributed by atoms with van der Waals surface area (Å²) in [6.45, 7) is 10.0. The number of aryl methyl sites for hydroxylation is 1. The van der Waals surface area contributed by atoms with E-state index in [9.17, 15) is 0 Å². The molecule has 0 unspecified atom stereocenters. The molecule has 2 aromatic heterocycles. The van der Waals surface area contributed by atoms with Crippen molar-refractivity contribution in [3.63, 3.8) is 0 Å². The highest BCUT2D eigenvalue weighted by atomic mass is 16.5. The Kier molecular flexibility index (Phi) is 3.57. The van der Waals surface area contributed by atoms with Crippen LogP contribution in [0.5, 0.6) is 0 Å². The van der Waals surface area contributed by atoms with Crippen molar-refractivity contribution in [1.29, 1.82) is 0 Å². The van der Waals surface area contributed by atoms with Gasteiger partial charge in [-0.05, 0) is 39.8 Å². The summed E-state index contributed by atoms with van der Waals surface area (Å²) in [4.78, 5) is 0. The average Bonchev–Trinajstić information content (AvgIpc) is 2.85. The molecule has 0 aliphatic heterocycles. The lowest BCUT2D eigenvalue weighted by molar-refractivity contribution is 0.369. The lowest BCUT2D eigenvalue weighted by Gasteiger charge is -2.21. The zero-order chi connectivity index (χ0) is 13.2. The Morgan fingerprint density at radius 3 is 2.78 bits per heavy atom. The van der Waals surface area contributed by atoms with Gasteiger partial charge >= 0.3 is 0 Å². The minimum absolute atomic E-state index is 0.123. The Hall–Kier alpha value is -1.55. The largest absolute Gasteiger partial charge is 0.359 e. The van der Waals surface area contributed by atoms with Crippen LogP contribution in [0.3, 0.4) is 0 Å². The number of nitrogens with zero attached hydrogens (tertiary/aromatic N) is 2. The van der Waals surface area contributed by atoms with E-state index >= 15 is 0 Å². The topological polar surface area (TPSA) is 43.0 Å². The Morgan fingerprint density at radius 2 is 2.17 bits per heavy atom. The molecular weight excluding hydrogens is 226 g/mol. The maximum Gasteiger partial charge on any atom is 0.156 e. The van der Waals surface area contributed by atoms with Crippen LogP contribution in [-0.2, 0) is 13.1 Å². The molecule has 0 spiro atoms. The highest BCUT2D eigenvalue weighted by Gasteiger charge is 2.11. The molecule has 0 fully saturated rings. The monoisotopic (exact) mass is 247 g/mol. The molecular formula is C14H21N3O. The number of nitrogens with one attached hydrogen (secondary N) is 1. The zero-order valence-corrected chi connectivity index (χ0v) is 11.5. The lowest BCUT2D eigenvalue weighted by atomic mass is 10.1. The first-order chi connectivity index (χ1) is 8.44. The molecule has 0 saturated carbocycles. The first-order valence-corrected chi connectivity index (χ1v) is 6.25. The summed E-state index contributed by atoms with van der Waals surface area (Å²) >= 11 is 0. The van der Waals surface area contributed by atoms with Crippen LogP contribution >= 0.6 is 0 Å². The van der Waals surface area contributed by atoms with Crippen molar-refractivity contribution in [2.75, 3.05) is 0 Å². The summed E-state index contributed by atoms with van der Waals surface area (Å²) in [6.07, 6.45) is 2.07. The quantitative estimate of drug-likeness (QED) is 0.903. The molecule has 2 aromatic rings. The van der Waals surface area contributed by atoms with E-state index in [0.717, 1.165) is 24.5 Å². The molecule has 0 radical (unpaired) electrons. The number of aromatic nitrogens is 2. The Bertz CT molecular complexity index is 505.